The van der Waals surface area contributed by atoms with E-state index < -0.39 is 46.5 Å². The Labute approximate surface area is 244 Å². The van der Waals surface area contributed by atoms with Crippen LogP contribution < -0.4 is 0 Å². The van der Waals surface area contributed by atoms with Crippen molar-refractivity contribution in [3.05, 3.63) is 69.8 Å². The summed E-state index contributed by atoms with van der Waals surface area (Å²) < 4.78 is 10.4. The molecule has 0 heterocycles. The standard InChI is InChI=1S/2C15H16O4.2CH2O/c2*1-8(2)19-7-12(16)13-14(17)10-5-4-9(3)6-11(10)15(13)18;2*1-2/h2*4-6,8,13H,7H2,1-3H3;2*1H2. The monoisotopic (exact) mass is 580 g/mol. The Morgan fingerprint density at radius 3 is 1.17 bits per heavy atom. The zero-order valence-corrected chi connectivity index (χ0v) is 24.7. The number of carbonyl (C=O) groups excluding carboxylic acids is 8. The lowest BCUT2D eigenvalue weighted by molar-refractivity contribution is -0.127. The summed E-state index contributed by atoms with van der Waals surface area (Å²) in [5.74, 6) is -4.96. The largest absolute Gasteiger partial charge is 0.371 e. The van der Waals surface area contributed by atoms with Gasteiger partial charge in [0.05, 0.1) is 12.2 Å². The number of hydrogen-bond acceptors (Lipinski definition) is 10. The molecule has 42 heavy (non-hydrogen) atoms. The third-order valence-electron chi connectivity index (χ3n) is 6.22. The number of aryl methyl sites for hydroxylation is 2. The number of hydrogen-bond donors (Lipinski definition) is 0. The molecule has 0 fully saturated rings. The molecule has 0 amide bonds. The van der Waals surface area contributed by atoms with E-state index in [0.717, 1.165) is 11.1 Å². The number of rotatable bonds is 8. The van der Waals surface area contributed by atoms with Crippen LogP contribution in [0.4, 0.5) is 0 Å². The summed E-state index contributed by atoms with van der Waals surface area (Å²) in [7, 11) is 0. The first-order valence-corrected chi connectivity index (χ1v) is 13.1. The number of ketones is 6. The van der Waals surface area contributed by atoms with Crippen molar-refractivity contribution in [2.24, 2.45) is 11.8 Å². The summed E-state index contributed by atoms with van der Waals surface area (Å²) in [6.45, 7) is 14.5. The van der Waals surface area contributed by atoms with Gasteiger partial charge in [0.2, 0.25) is 0 Å². The molecule has 2 aromatic rings. The van der Waals surface area contributed by atoms with Gasteiger partial charge in [-0.25, -0.2) is 0 Å². The van der Waals surface area contributed by atoms with Crippen LogP contribution in [0.15, 0.2) is 36.4 Å². The molecule has 10 heteroatoms. The summed E-state index contributed by atoms with van der Waals surface area (Å²) in [6, 6.07) is 10.1. The summed E-state index contributed by atoms with van der Waals surface area (Å²) in [5, 5.41) is 0. The second kappa shape index (κ2) is 16.2. The van der Waals surface area contributed by atoms with E-state index in [1.807, 2.05) is 27.4 Å². The summed E-state index contributed by atoms with van der Waals surface area (Å²) in [6.07, 6.45) is -0.222. The number of carbonyl (C=O) groups is 8. The van der Waals surface area contributed by atoms with Crippen LogP contribution in [-0.2, 0) is 28.7 Å². The van der Waals surface area contributed by atoms with Gasteiger partial charge in [0.15, 0.2) is 34.7 Å². The zero-order chi connectivity index (χ0) is 32.3. The van der Waals surface area contributed by atoms with Gasteiger partial charge in [0, 0.05) is 22.3 Å². The summed E-state index contributed by atoms with van der Waals surface area (Å²) in [5.41, 5.74) is 3.19. The van der Waals surface area contributed by atoms with E-state index in [1.54, 1.807) is 64.1 Å². The fourth-order valence-electron chi connectivity index (χ4n) is 4.26. The molecule has 0 radical (unpaired) electrons. The van der Waals surface area contributed by atoms with E-state index >= 15 is 0 Å². The number of fused-ring (bicyclic) bond motifs is 2. The van der Waals surface area contributed by atoms with Crippen molar-refractivity contribution in [1.82, 2.24) is 0 Å². The lowest BCUT2D eigenvalue weighted by atomic mass is 9.99. The van der Waals surface area contributed by atoms with Gasteiger partial charge < -0.3 is 19.1 Å². The highest BCUT2D eigenvalue weighted by Gasteiger charge is 2.44. The highest BCUT2D eigenvalue weighted by molar-refractivity contribution is 6.36. The molecule has 2 atom stereocenters. The molecular formula is C32H36O10. The molecule has 0 aromatic heterocycles. The molecule has 2 aliphatic carbocycles. The Morgan fingerprint density at radius 2 is 0.881 bits per heavy atom. The smallest absolute Gasteiger partial charge is 0.182 e. The minimum absolute atomic E-state index is 0.111. The minimum atomic E-state index is -1.21. The van der Waals surface area contributed by atoms with E-state index in [9.17, 15) is 28.8 Å². The fourth-order valence-corrected chi connectivity index (χ4v) is 4.26. The molecule has 0 spiro atoms. The Kier molecular flexibility index (Phi) is 13.8. The topological polar surface area (TPSA) is 155 Å². The van der Waals surface area contributed by atoms with Crippen molar-refractivity contribution in [2.45, 2.75) is 53.8 Å². The zero-order valence-electron chi connectivity index (χ0n) is 24.7. The van der Waals surface area contributed by atoms with Gasteiger partial charge in [-0.2, -0.15) is 0 Å². The minimum Gasteiger partial charge on any atom is -0.371 e. The normalized spacial score (nSPS) is 16.5. The van der Waals surface area contributed by atoms with Gasteiger partial charge in [0.1, 0.15) is 38.6 Å². The van der Waals surface area contributed by atoms with Crippen molar-refractivity contribution in [2.75, 3.05) is 13.2 Å². The maximum absolute atomic E-state index is 12.1. The highest BCUT2D eigenvalue weighted by Crippen LogP contribution is 2.29. The lowest BCUT2D eigenvalue weighted by Crippen LogP contribution is -2.29. The first-order chi connectivity index (χ1) is 19.8. The molecule has 2 unspecified atom stereocenters. The fraction of sp³-hybridized carbons (Fsp3) is 0.375. The quantitative estimate of drug-likeness (QED) is 0.423. The van der Waals surface area contributed by atoms with Crippen molar-refractivity contribution >= 4 is 48.3 Å². The number of Topliss-reactive ketones (excluding diaryl/α,β-unsaturated/α-hetero) is 6. The van der Waals surface area contributed by atoms with Crippen molar-refractivity contribution < 1.29 is 47.8 Å². The van der Waals surface area contributed by atoms with Gasteiger partial charge in [-0.05, 0) is 53.7 Å². The summed E-state index contributed by atoms with van der Waals surface area (Å²) in [4.78, 5) is 88.4. The van der Waals surface area contributed by atoms with Crippen LogP contribution in [0, 0.1) is 25.7 Å². The van der Waals surface area contributed by atoms with E-state index in [1.165, 1.54) is 0 Å². The first-order valence-electron chi connectivity index (χ1n) is 13.1. The van der Waals surface area contributed by atoms with Gasteiger partial charge in [0.25, 0.3) is 0 Å². The Balaban J connectivity index is 0.000000376. The van der Waals surface area contributed by atoms with E-state index in [4.69, 9.17) is 19.1 Å². The van der Waals surface area contributed by atoms with Crippen LogP contribution in [0.3, 0.4) is 0 Å². The molecule has 2 aliphatic rings. The number of benzene rings is 2. The van der Waals surface area contributed by atoms with Gasteiger partial charge in [-0.1, -0.05) is 35.4 Å². The van der Waals surface area contributed by atoms with Gasteiger partial charge in [-0.15, -0.1) is 0 Å². The predicted octanol–water partition coefficient (Wildman–Crippen LogP) is 3.60. The molecule has 10 nitrogen and oxygen atoms in total. The molecule has 0 aliphatic heterocycles. The average Bonchev–Trinajstić information content (AvgIpc) is 3.36. The average molecular weight is 581 g/mol. The molecule has 2 aromatic carbocycles. The Hall–Kier alpha value is -4.28. The maximum Gasteiger partial charge on any atom is 0.182 e. The maximum atomic E-state index is 12.1. The SMILES string of the molecule is C=O.C=O.Cc1ccc2c(c1)C(=O)C(C(=O)COC(C)C)C2=O.Cc1ccc2c(c1)C(=O)C(C(=O)COC(C)C)C2=O. The molecule has 0 saturated heterocycles. The van der Waals surface area contributed by atoms with Crippen LogP contribution in [0.1, 0.15) is 80.3 Å². The lowest BCUT2D eigenvalue weighted by Gasteiger charge is -2.09. The van der Waals surface area contributed by atoms with E-state index in [2.05, 4.69) is 0 Å². The van der Waals surface area contributed by atoms with Crippen molar-refractivity contribution in [3.63, 3.8) is 0 Å². The third-order valence-corrected chi connectivity index (χ3v) is 6.22. The highest BCUT2D eigenvalue weighted by atomic mass is 16.5. The molecular weight excluding hydrogens is 544 g/mol. The second-order valence-electron chi connectivity index (χ2n) is 10.1. The predicted molar refractivity (Wildman–Crippen MR) is 153 cm³/mol. The van der Waals surface area contributed by atoms with Crippen LogP contribution in [0.5, 0.6) is 0 Å². The molecule has 224 valence electrons. The van der Waals surface area contributed by atoms with Gasteiger partial charge in [-0.3, -0.25) is 28.8 Å². The van der Waals surface area contributed by atoms with Crippen LogP contribution >= 0.6 is 0 Å². The van der Waals surface area contributed by atoms with Crippen LogP contribution in [-0.4, -0.2) is 73.7 Å². The van der Waals surface area contributed by atoms with Crippen molar-refractivity contribution in [1.29, 1.82) is 0 Å². The van der Waals surface area contributed by atoms with E-state index in [0.29, 0.717) is 22.3 Å². The van der Waals surface area contributed by atoms with Crippen LogP contribution in [0.2, 0.25) is 0 Å². The van der Waals surface area contributed by atoms with Crippen molar-refractivity contribution in [3.8, 4) is 0 Å². The van der Waals surface area contributed by atoms with E-state index in [-0.39, 0.29) is 25.4 Å². The Bertz CT molecular complexity index is 1250. The summed E-state index contributed by atoms with van der Waals surface area (Å²) >= 11 is 0. The third kappa shape index (κ3) is 8.37. The Morgan fingerprint density at radius 1 is 0.595 bits per heavy atom. The molecule has 4 rings (SSSR count). The molecule has 0 N–H and O–H groups in total. The second-order valence-corrected chi connectivity index (χ2v) is 10.1. The molecule has 0 saturated carbocycles. The van der Waals surface area contributed by atoms with Crippen LogP contribution in [0.25, 0.3) is 0 Å². The molecule has 0 bridgehead atoms. The number of ether oxygens (including phenoxy) is 2. The first kappa shape index (κ1) is 35.7. The van der Waals surface area contributed by atoms with Gasteiger partial charge >= 0.3 is 0 Å².